The van der Waals surface area contributed by atoms with Gasteiger partial charge in [0.05, 0.1) is 6.10 Å². The zero-order valence-electron chi connectivity index (χ0n) is 5.79. The molecule has 0 aromatic heterocycles. The first kappa shape index (κ1) is 7.54. The monoisotopic (exact) mass is 144 g/mol. The number of aliphatic carboxylic acids is 1. The van der Waals surface area contributed by atoms with Gasteiger partial charge in [0, 0.05) is 6.42 Å². The molecule has 3 heteroatoms. The lowest BCUT2D eigenvalue weighted by molar-refractivity contribution is -0.138. The molecule has 0 amide bonds. The number of carbonyl (C=O) groups is 1. The van der Waals surface area contributed by atoms with Crippen molar-refractivity contribution in [3.8, 4) is 0 Å². The molecule has 10 heavy (non-hydrogen) atoms. The van der Waals surface area contributed by atoms with Crippen LogP contribution in [0.2, 0.25) is 0 Å². The molecule has 2 atom stereocenters. The molecular formula is C7H12O3. The molecule has 0 saturated heterocycles. The van der Waals surface area contributed by atoms with Crippen LogP contribution in [0.5, 0.6) is 0 Å². The Morgan fingerprint density at radius 2 is 2.20 bits per heavy atom. The van der Waals surface area contributed by atoms with Gasteiger partial charge >= 0.3 is 5.97 Å². The SMILES string of the molecule is O=C(O)CC1CCC(O)C1. The van der Waals surface area contributed by atoms with Crippen LogP contribution in [0.3, 0.4) is 0 Å². The van der Waals surface area contributed by atoms with E-state index in [4.69, 9.17) is 10.2 Å². The lowest BCUT2D eigenvalue weighted by Crippen LogP contribution is -2.05. The highest BCUT2D eigenvalue weighted by Crippen LogP contribution is 2.27. The van der Waals surface area contributed by atoms with E-state index in [1.807, 2.05) is 0 Å². The van der Waals surface area contributed by atoms with E-state index in [-0.39, 0.29) is 18.4 Å². The Labute approximate surface area is 59.7 Å². The maximum atomic E-state index is 10.2. The van der Waals surface area contributed by atoms with Gasteiger partial charge in [-0.05, 0) is 25.2 Å². The van der Waals surface area contributed by atoms with Gasteiger partial charge in [-0.1, -0.05) is 0 Å². The molecule has 2 N–H and O–H groups in total. The van der Waals surface area contributed by atoms with Gasteiger partial charge in [0.25, 0.3) is 0 Å². The van der Waals surface area contributed by atoms with Crippen LogP contribution in [0.15, 0.2) is 0 Å². The molecule has 0 spiro atoms. The van der Waals surface area contributed by atoms with E-state index in [2.05, 4.69) is 0 Å². The van der Waals surface area contributed by atoms with Gasteiger partial charge in [-0.3, -0.25) is 4.79 Å². The highest BCUT2D eigenvalue weighted by Gasteiger charge is 2.24. The second kappa shape index (κ2) is 3.01. The predicted molar refractivity (Wildman–Crippen MR) is 35.6 cm³/mol. The van der Waals surface area contributed by atoms with Crippen LogP contribution in [0, 0.1) is 5.92 Å². The van der Waals surface area contributed by atoms with Gasteiger partial charge in [-0.15, -0.1) is 0 Å². The molecule has 0 heterocycles. The molecule has 58 valence electrons. The normalized spacial score (nSPS) is 32.5. The number of carboxylic acid groups (broad SMARTS) is 1. The summed E-state index contributed by atoms with van der Waals surface area (Å²) < 4.78 is 0. The third-order valence-corrected chi connectivity index (χ3v) is 1.98. The molecule has 1 aliphatic rings. The van der Waals surface area contributed by atoms with Gasteiger partial charge in [0.2, 0.25) is 0 Å². The van der Waals surface area contributed by atoms with Crippen molar-refractivity contribution < 1.29 is 15.0 Å². The molecule has 3 nitrogen and oxygen atoms in total. The van der Waals surface area contributed by atoms with Crippen LogP contribution >= 0.6 is 0 Å². The number of carboxylic acids is 1. The summed E-state index contributed by atoms with van der Waals surface area (Å²) in [5.74, 6) is -0.536. The van der Waals surface area contributed by atoms with Crippen LogP contribution in [-0.2, 0) is 4.79 Å². The number of aliphatic hydroxyl groups excluding tert-OH is 1. The van der Waals surface area contributed by atoms with Crippen molar-refractivity contribution in [3.63, 3.8) is 0 Å². The Bertz CT molecular complexity index is 133. The van der Waals surface area contributed by atoms with E-state index < -0.39 is 5.97 Å². The molecule has 0 aliphatic heterocycles. The zero-order chi connectivity index (χ0) is 7.56. The first-order valence-electron chi connectivity index (χ1n) is 3.58. The Hall–Kier alpha value is -0.570. The molecule has 0 radical (unpaired) electrons. The molecule has 1 saturated carbocycles. The van der Waals surface area contributed by atoms with Crippen molar-refractivity contribution in [1.29, 1.82) is 0 Å². The maximum absolute atomic E-state index is 10.2. The van der Waals surface area contributed by atoms with Crippen LogP contribution < -0.4 is 0 Å². The topological polar surface area (TPSA) is 57.5 Å². The second-order valence-corrected chi connectivity index (χ2v) is 2.93. The summed E-state index contributed by atoms with van der Waals surface area (Å²) in [6.45, 7) is 0. The third kappa shape index (κ3) is 1.99. The van der Waals surface area contributed by atoms with Gasteiger partial charge in [0.15, 0.2) is 0 Å². The van der Waals surface area contributed by atoms with Crippen molar-refractivity contribution in [2.45, 2.75) is 31.8 Å². The summed E-state index contributed by atoms with van der Waals surface area (Å²) in [7, 11) is 0. The fraction of sp³-hybridized carbons (Fsp3) is 0.857. The molecule has 0 aromatic carbocycles. The average Bonchev–Trinajstić information content (AvgIpc) is 2.13. The maximum Gasteiger partial charge on any atom is 0.303 e. The summed E-state index contributed by atoms with van der Waals surface area (Å²) in [6, 6.07) is 0. The molecule has 2 unspecified atom stereocenters. The minimum Gasteiger partial charge on any atom is -0.481 e. The molecule has 1 rings (SSSR count). The molecule has 0 aromatic rings. The van der Waals surface area contributed by atoms with Crippen molar-refractivity contribution in [2.75, 3.05) is 0 Å². The lowest BCUT2D eigenvalue weighted by Gasteiger charge is -2.02. The Kier molecular flexibility index (Phi) is 2.27. The highest BCUT2D eigenvalue weighted by atomic mass is 16.4. The van der Waals surface area contributed by atoms with E-state index in [0.29, 0.717) is 6.42 Å². The van der Waals surface area contributed by atoms with E-state index in [1.54, 1.807) is 0 Å². The quantitative estimate of drug-likeness (QED) is 0.597. The van der Waals surface area contributed by atoms with Crippen molar-refractivity contribution in [2.24, 2.45) is 5.92 Å². The van der Waals surface area contributed by atoms with Crippen LogP contribution in [0.4, 0.5) is 0 Å². The van der Waals surface area contributed by atoms with Crippen molar-refractivity contribution in [1.82, 2.24) is 0 Å². The predicted octanol–water partition coefficient (Wildman–Crippen LogP) is 0.622. The summed E-state index contributed by atoms with van der Waals surface area (Å²) in [5.41, 5.74) is 0. The van der Waals surface area contributed by atoms with E-state index in [9.17, 15) is 4.79 Å². The van der Waals surface area contributed by atoms with Crippen LogP contribution in [0.1, 0.15) is 25.7 Å². The highest BCUT2D eigenvalue weighted by molar-refractivity contribution is 5.67. The number of hydrogen-bond donors (Lipinski definition) is 2. The smallest absolute Gasteiger partial charge is 0.303 e. The van der Waals surface area contributed by atoms with Crippen molar-refractivity contribution in [3.05, 3.63) is 0 Å². The van der Waals surface area contributed by atoms with Crippen LogP contribution in [-0.4, -0.2) is 22.3 Å². The zero-order valence-corrected chi connectivity index (χ0v) is 5.79. The number of aliphatic hydroxyl groups is 1. The van der Waals surface area contributed by atoms with Gasteiger partial charge in [-0.2, -0.15) is 0 Å². The average molecular weight is 144 g/mol. The second-order valence-electron chi connectivity index (χ2n) is 2.93. The van der Waals surface area contributed by atoms with E-state index >= 15 is 0 Å². The van der Waals surface area contributed by atoms with E-state index in [0.717, 1.165) is 12.8 Å². The summed E-state index contributed by atoms with van der Waals surface area (Å²) in [5, 5.41) is 17.4. The third-order valence-electron chi connectivity index (χ3n) is 1.98. The largest absolute Gasteiger partial charge is 0.481 e. The summed E-state index contributed by atoms with van der Waals surface area (Å²) in [6.07, 6.45) is 2.29. The molecule has 1 aliphatic carbocycles. The molecule has 0 bridgehead atoms. The number of hydrogen-bond acceptors (Lipinski definition) is 2. The Morgan fingerprint density at radius 3 is 2.60 bits per heavy atom. The minimum atomic E-state index is -0.751. The van der Waals surface area contributed by atoms with E-state index in [1.165, 1.54) is 0 Å². The van der Waals surface area contributed by atoms with Gasteiger partial charge < -0.3 is 10.2 Å². The standard InChI is InChI=1S/C7H12O3/c8-6-2-1-5(3-6)4-7(9)10/h5-6,8H,1-4H2,(H,9,10). The molecular weight excluding hydrogens is 132 g/mol. The lowest BCUT2D eigenvalue weighted by atomic mass is 10.0. The minimum absolute atomic E-state index is 0.215. The first-order valence-corrected chi connectivity index (χ1v) is 3.58. The van der Waals surface area contributed by atoms with Crippen molar-refractivity contribution >= 4 is 5.97 Å². The first-order chi connectivity index (χ1) is 4.68. The summed E-state index contributed by atoms with van der Waals surface area (Å²) in [4.78, 5) is 10.2. The fourth-order valence-corrected chi connectivity index (χ4v) is 1.48. The molecule has 1 fully saturated rings. The van der Waals surface area contributed by atoms with Gasteiger partial charge in [-0.25, -0.2) is 0 Å². The summed E-state index contributed by atoms with van der Waals surface area (Å²) >= 11 is 0. The van der Waals surface area contributed by atoms with Crippen LogP contribution in [0.25, 0.3) is 0 Å². The Morgan fingerprint density at radius 1 is 1.50 bits per heavy atom. The van der Waals surface area contributed by atoms with Gasteiger partial charge in [0.1, 0.15) is 0 Å². The number of rotatable bonds is 2. The Balaban J connectivity index is 2.24. The fourth-order valence-electron chi connectivity index (χ4n) is 1.48.